The fourth-order valence-electron chi connectivity index (χ4n) is 3.33. The summed E-state index contributed by atoms with van der Waals surface area (Å²) in [5.74, 6) is 0.283. The number of carbonyl (C=O) groups excluding carboxylic acids is 1. The summed E-state index contributed by atoms with van der Waals surface area (Å²) in [6, 6.07) is 0.993. The molecule has 1 aliphatic rings. The van der Waals surface area contributed by atoms with Crippen molar-refractivity contribution in [2.75, 3.05) is 6.54 Å². The summed E-state index contributed by atoms with van der Waals surface area (Å²) in [5.41, 5.74) is 10.8. The van der Waals surface area contributed by atoms with E-state index < -0.39 is 5.54 Å². The van der Waals surface area contributed by atoms with Crippen LogP contribution in [-0.4, -0.2) is 35.0 Å². The summed E-state index contributed by atoms with van der Waals surface area (Å²) in [5, 5.41) is 0. The van der Waals surface area contributed by atoms with Gasteiger partial charge in [0.25, 0.3) is 0 Å². The minimum absolute atomic E-state index is 0.343. The Balaban J connectivity index is 2.79. The third-order valence-electron chi connectivity index (χ3n) is 4.47. The standard InChI is InChI=1S/C15H31N3O/c1-5-12(6-2)18(10-11(3)4)13-7-8-15(17,9-13)14(16)19/h11-13H,5-10,17H2,1-4H3,(H2,16,19). The lowest BCUT2D eigenvalue weighted by molar-refractivity contribution is -0.123. The predicted molar refractivity (Wildman–Crippen MR) is 79.7 cm³/mol. The summed E-state index contributed by atoms with van der Waals surface area (Å²) in [7, 11) is 0. The Kier molecular flexibility index (Phi) is 5.81. The molecule has 0 radical (unpaired) electrons. The predicted octanol–water partition coefficient (Wildman–Crippen LogP) is 1.87. The van der Waals surface area contributed by atoms with Gasteiger partial charge in [0.1, 0.15) is 0 Å². The van der Waals surface area contributed by atoms with E-state index in [0.717, 1.165) is 32.2 Å². The Morgan fingerprint density at radius 1 is 1.37 bits per heavy atom. The molecule has 0 aromatic carbocycles. The first-order valence-electron chi connectivity index (χ1n) is 7.68. The van der Waals surface area contributed by atoms with E-state index in [1.807, 2.05) is 0 Å². The van der Waals surface area contributed by atoms with Crippen LogP contribution < -0.4 is 11.5 Å². The Morgan fingerprint density at radius 3 is 2.32 bits per heavy atom. The fraction of sp³-hybridized carbons (Fsp3) is 0.933. The van der Waals surface area contributed by atoms with Crippen molar-refractivity contribution in [3.8, 4) is 0 Å². The maximum absolute atomic E-state index is 11.5. The van der Waals surface area contributed by atoms with Crippen LogP contribution >= 0.6 is 0 Å². The van der Waals surface area contributed by atoms with Gasteiger partial charge < -0.3 is 11.5 Å². The largest absolute Gasteiger partial charge is 0.368 e. The molecule has 1 fully saturated rings. The number of hydrogen-bond acceptors (Lipinski definition) is 3. The molecular weight excluding hydrogens is 238 g/mol. The zero-order valence-electron chi connectivity index (χ0n) is 13.0. The van der Waals surface area contributed by atoms with Crippen LogP contribution in [0.2, 0.25) is 0 Å². The minimum atomic E-state index is -0.786. The van der Waals surface area contributed by atoms with Crippen molar-refractivity contribution in [2.24, 2.45) is 17.4 Å². The van der Waals surface area contributed by atoms with Gasteiger partial charge in [0.15, 0.2) is 0 Å². The van der Waals surface area contributed by atoms with Crippen molar-refractivity contribution >= 4 is 5.91 Å². The second kappa shape index (κ2) is 6.71. The molecule has 0 spiro atoms. The van der Waals surface area contributed by atoms with Crippen molar-refractivity contribution in [1.82, 2.24) is 4.90 Å². The van der Waals surface area contributed by atoms with Crippen molar-refractivity contribution in [3.63, 3.8) is 0 Å². The van der Waals surface area contributed by atoms with E-state index >= 15 is 0 Å². The van der Waals surface area contributed by atoms with Crippen LogP contribution in [0.3, 0.4) is 0 Å². The molecule has 112 valence electrons. The molecule has 1 rings (SSSR count). The topological polar surface area (TPSA) is 72.3 Å². The number of nitrogens with zero attached hydrogens (tertiary/aromatic N) is 1. The first-order valence-corrected chi connectivity index (χ1v) is 7.68. The molecule has 2 unspecified atom stereocenters. The molecule has 4 nitrogen and oxygen atoms in total. The molecule has 0 saturated heterocycles. The van der Waals surface area contributed by atoms with E-state index in [9.17, 15) is 4.79 Å². The van der Waals surface area contributed by atoms with E-state index in [2.05, 4.69) is 32.6 Å². The average molecular weight is 269 g/mol. The van der Waals surface area contributed by atoms with Crippen molar-refractivity contribution < 1.29 is 4.79 Å². The number of primary amides is 1. The molecule has 4 heteroatoms. The van der Waals surface area contributed by atoms with E-state index in [1.165, 1.54) is 0 Å². The van der Waals surface area contributed by atoms with Crippen molar-refractivity contribution in [2.45, 2.75) is 77.4 Å². The van der Waals surface area contributed by atoms with Gasteiger partial charge in [-0.3, -0.25) is 9.69 Å². The third-order valence-corrected chi connectivity index (χ3v) is 4.47. The van der Waals surface area contributed by atoms with Gasteiger partial charge in [0, 0.05) is 18.6 Å². The molecule has 0 aliphatic heterocycles. The van der Waals surface area contributed by atoms with Gasteiger partial charge in [-0.1, -0.05) is 27.7 Å². The zero-order valence-corrected chi connectivity index (χ0v) is 13.0. The number of nitrogens with two attached hydrogens (primary N) is 2. The van der Waals surface area contributed by atoms with Gasteiger partial charge >= 0.3 is 0 Å². The molecule has 2 atom stereocenters. The Morgan fingerprint density at radius 2 is 1.95 bits per heavy atom. The zero-order chi connectivity index (χ0) is 14.6. The number of carbonyl (C=O) groups is 1. The molecule has 0 heterocycles. The molecule has 1 amide bonds. The molecular formula is C15H31N3O. The minimum Gasteiger partial charge on any atom is -0.368 e. The quantitative estimate of drug-likeness (QED) is 0.741. The monoisotopic (exact) mass is 269 g/mol. The van der Waals surface area contributed by atoms with Gasteiger partial charge in [0.05, 0.1) is 5.54 Å². The lowest BCUT2D eigenvalue weighted by Crippen LogP contribution is -2.52. The molecule has 1 aliphatic carbocycles. The number of hydrogen-bond donors (Lipinski definition) is 2. The number of rotatable bonds is 7. The van der Waals surface area contributed by atoms with E-state index in [1.54, 1.807) is 0 Å². The lowest BCUT2D eigenvalue weighted by atomic mass is 9.97. The highest BCUT2D eigenvalue weighted by atomic mass is 16.1. The van der Waals surface area contributed by atoms with E-state index in [-0.39, 0.29) is 5.91 Å². The van der Waals surface area contributed by atoms with E-state index in [4.69, 9.17) is 11.5 Å². The van der Waals surface area contributed by atoms with Gasteiger partial charge in [-0.25, -0.2) is 0 Å². The van der Waals surface area contributed by atoms with Crippen LogP contribution in [0.25, 0.3) is 0 Å². The highest BCUT2D eigenvalue weighted by molar-refractivity contribution is 5.84. The fourth-order valence-corrected chi connectivity index (χ4v) is 3.33. The maximum atomic E-state index is 11.5. The van der Waals surface area contributed by atoms with Crippen molar-refractivity contribution in [3.05, 3.63) is 0 Å². The molecule has 0 aromatic rings. The maximum Gasteiger partial charge on any atom is 0.237 e. The smallest absolute Gasteiger partial charge is 0.237 e. The van der Waals surface area contributed by atoms with Gasteiger partial charge in [-0.15, -0.1) is 0 Å². The third kappa shape index (κ3) is 3.93. The van der Waals surface area contributed by atoms with Crippen molar-refractivity contribution in [1.29, 1.82) is 0 Å². The molecule has 4 N–H and O–H groups in total. The Hall–Kier alpha value is -0.610. The highest BCUT2D eigenvalue weighted by Gasteiger charge is 2.43. The highest BCUT2D eigenvalue weighted by Crippen LogP contribution is 2.33. The van der Waals surface area contributed by atoms with Crippen LogP contribution in [0, 0.1) is 5.92 Å². The SMILES string of the molecule is CCC(CC)N(CC(C)C)C1CCC(N)(C(N)=O)C1. The first kappa shape index (κ1) is 16.4. The Labute approximate surface area is 117 Å². The van der Waals surface area contributed by atoms with Crippen LogP contribution in [0.5, 0.6) is 0 Å². The van der Waals surface area contributed by atoms with Gasteiger partial charge in [-0.05, 0) is 38.0 Å². The van der Waals surface area contributed by atoms with Gasteiger partial charge in [-0.2, -0.15) is 0 Å². The van der Waals surface area contributed by atoms with Crippen LogP contribution in [0.1, 0.15) is 59.8 Å². The summed E-state index contributed by atoms with van der Waals surface area (Å²) in [4.78, 5) is 14.1. The molecule has 0 aromatic heterocycles. The van der Waals surface area contributed by atoms with Crippen LogP contribution in [0.15, 0.2) is 0 Å². The second-order valence-corrected chi connectivity index (χ2v) is 6.48. The normalized spacial score (nSPS) is 27.7. The summed E-state index contributed by atoms with van der Waals surface area (Å²) in [6.07, 6.45) is 4.72. The van der Waals surface area contributed by atoms with Crippen LogP contribution in [-0.2, 0) is 4.79 Å². The first-order chi connectivity index (χ1) is 8.84. The van der Waals surface area contributed by atoms with Gasteiger partial charge in [0.2, 0.25) is 5.91 Å². The summed E-state index contributed by atoms with van der Waals surface area (Å²) in [6.45, 7) is 10.0. The van der Waals surface area contributed by atoms with Crippen LogP contribution in [0.4, 0.5) is 0 Å². The van der Waals surface area contributed by atoms with E-state index in [0.29, 0.717) is 24.4 Å². The summed E-state index contributed by atoms with van der Waals surface area (Å²) < 4.78 is 0. The number of amides is 1. The lowest BCUT2D eigenvalue weighted by Gasteiger charge is -2.37. The molecule has 19 heavy (non-hydrogen) atoms. The Bertz CT molecular complexity index is 302. The molecule has 1 saturated carbocycles. The summed E-state index contributed by atoms with van der Waals surface area (Å²) >= 11 is 0. The molecule has 0 bridgehead atoms. The average Bonchev–Trinajstić information content (AvgIpc) is 2.73. The second-order valence-electron chi connectivity index (χ2n) is 6.48.